The second-order valence-corrected chi connectivity index (χ2v) is 6.15. The van der Waals surface area contributed by atoms with Crippen LogP contribution in [0.1, 0.15) is 38.2 Å². The number of nitrogens with zero attached hydrogens (tertiary/aromatic N) is 2. The minimum atomic E-state index is -1.05. The maximum absolute atomic E-state index is 12.7. The molecule has 0 aromatic heterocycles. The summed E-state index contributed by atoms with van der Waals surface area (Å²) in [5.41, 5.74) is 0.862. The van der Waals surface area contributed by atoms with Gasteiger partial charge in [0.25, 0.3) is 0 Å². The molecule has 2 rings (SSSR count). The van der Waals surface area contributed by atoms with Crippen LogP contribution in [0.3, 0.4) is 0 Å². The predicted octanol–water partition coefficient (Wildman–Crippen LogP) is 1.89. The number of carbonyl (C=O) groups excluding carboxylic acids is 2. The van der Waals surface area contributed by atoms with Gasteiger partial charge in [-0.1, -0.05) is 36.8 Å². The Morgan fingerprint density at radius 1 is 1.21 bits per heavy atom. The molecule has 1 unspecified atom stereocenters. The van der Waals surface area contributed by atoms with Gasteiger partial charge in [-0.25, -0.2) is 4.79 Å². The number of carboxylic acid groups (broad SMARTS) is 1. The number of carbonyl (C=O) groups is 3. The van der Waals surface area contributed by atoms with Crippen LogP contribution < -0.4 is 0 Å². The first-order valence-electron chi connectivity index (χ1n) is 8.33. The Kier molecular flexibility index (Phi) is 6.35. The molecule has 0 aliphatic carbocycles. The van der Waals surface area contributed by atoms with E-state index in [0.29, 0.717) is 13.0 Å². The summed E-state index contributed by atoms with van der Waals surface area (Å²) in [6, 6.07) is 8.33. The zero-order chi connectivity index (χ0) is 17.5. The maximum atomic E-state index is 12.7. The summed E-state index contributed by atoms with van der Waals surface area (Å²) < 4.78 is 0. The van der Waals surface area contributed by atoms with E-state index in [9.17, 15) is 19.5 Å². The molecular weight excluding hydrogens is 308 g/mol. The van der Waals surface area contributed by atoms with E-state index in [1.807, 2.05) is 30.3 Å². The van der Waals surface area contributed by atoms with Gasteiger partial charge in [-0.3, -0.25) is 9.59 Å². The van der Waals surface area contributed by atoms with Gasteiger partial charge >= 0.3 is 5.97 Å². The van der Waals surface area contributed by atoms with E-state index in [1.54, 1.807) is 4.90 Å². The minimum absolute atomic E-state index is 0.0245. The fourth-order valence-electron chi connectivity index (χ4n) is 2.81. The number of hydrogen-bond donors (Lipinski definition) is 1. The van der Waals surface area contributed by atoms with Crippen molar-refractivity contribution < 1.29 is 19.5 Å². The standard InChI is InChI=1S/C18H24N2O4/c1-14(18(23)24)20(12-15-8-4-2-5-9-15)17(22)13-19-11-7-3-6-10-16(19)21/h2,4-5,8-9,14H,3,6-7,10-13H2,1H3,(H,23,24). The second kappa shape index (κ2) is 8.47. The molecule has 1 saturated heterocycles. The highest BCUT2D eigenvalue weighted by molar-refractivity contribution is 5.88. The Labute approximate surface area is 142 Å². The van der Waals surface area contributed by atoms with Gasteiger partial charge in [0.15, 0.2) is 0 Å². The Morgan fingerprint density at radius 3 is 2.58 bits per heavy atom. The van der Waals surface area contributed by atoms with Crippen molar-refractivity contribution in [1.82, 2.24) is 9.80 Å². The molecule has 6 nitrogen and oxygen atoms in total. The molecular formula is C18H24N2O4. The highest BCUT2D eigenvalue weighted by Gasteiger charge is 2.28. The zero-order valence-electron chi connectivity index (χ0n) is 14.0. The molecule has 130 valence electrons. The van der Waals surface area contributed by atoms with Crippen molar-refractivity contribution in [3.05, 3.63) is 35.9 Å². The monoisotopic (exact) mass is 332 g/mol. The number of aliphatic carboxylic acids is 1. The first-order valence-corrected chi connectivity index (χ1v) is 8.33. The summed E-state index contributed by atoms with van der Waals surface area (Å²) in [4.78, 5) is 39.0. The zero-order valence-corrected chi connectivity index (χ0v) is 14.0. The van der Waals surface area contributed by atoms with Crippen LogP contribution in [0.25, 0.3) is 0 Å². The fourth-order valence-corrected chi connectivity index (χ4v) is 2.81. The van der Waals surface area contributed by atoms with E-state index in [0.717, 1.165) is 24.8 Å². The predicted molar refractivity (Wildman–Crippen MR) is 89.1 cm³/mol. The molecule has 0 radical (unpaired) electrons. The van der Waals surface area contributed by atoms with Crippen LogP contribution in [0.5, 0.6) is 0 Å². The second-order valence-electron chi connectivity index (χ2n) is 6.15. The number of rotatable bonds is 6. The van der Waals surface area contributed by atoms with Crippen molar-refractivity contribution in [2.24, 2.45) is 0 Å². The van der Waals surface area contributed by atoms with Gasteiger partial charge in [-0.05, 0) is 25.3 Å². The third kappa shape index (κ3) is 4.81. The highest BCUT2D eigenvalue weighted by atomic mass is 16.4. The summed E-state index contributed by atoms with van der Waals surface area (Å²) in [7, 11) is 0. The van der Waals surface area contributed by atoms with Crippen molar-refractivity contribution in [3.8, 4) is 0 Å². The van der Waals surface area contributed by atoms with Crippen LogP contribution in [-0.2, 0) is 20.9 Å². The molecule has 6 heteroatoms. The van der Waals surface area contributed by atoms with E-state index < -0.39 is 12.0 Å². The third-order valence-corrected chi connectivity index (χ3v) is 4.34. The lowest BCUT2D eigenvalue weighted by atomic mass is 10.1. The van der Waals surface area contributed by atoms with Crippen molar-refractivity contribution in [1.29, 1.82) is 0 Å². The first kappa shape index (κ1) is 18.0. The molecule has 0 bridgehead atoms. The van der Waals surface area contributed by atoms with Crippen LogP contribution in [0.2, 0.25) is 0 Å². The molecule has 2 amide bonds. The number of hydrogen-bond acceptors (Lipinski definition) is 3. The highest BCUT2D eigenvalue weighted by Crippen LogP contribution is 2.14. The van der Waals surface area contributed by atoms with Gasteiger partial charge in [0.2, 0.25) is 11.8 Å². The van der Waals surface area contributed by atoms with E-state index in [2.05, 4.69) is 0 Å². The van der Waals surface area contributed by atoms with Gasteiger partial charge in [-0.15, -0.1) is 0 Å². The van der Waals surface area contributed by atoms with Gasteiger partial charge in [0.05, 0.1) is 6.54 Å². The lowest BCUT2D eigenvalue weighted by Crippen LogP contribution is -2.48. The molecule has 1 aliphatic heterocycles. The number of amides is 2. The minimum Gasteiger partial charge on any atom is -0.480 e. The molecule has 1 aromatic rings. The summed E-state index contributed by atoms with van der Waals surface area (Å²) in [5.74, 6) is -1.41. The summed E-state index contributed by atoms with van der Waals surface area (Å²) in [5, 5.41) is 9.31. The summed E-state index contributed by atoms with van der Waals surface area (Å²) in [6.07, 6.45) is 3.17. The van der Waals surface area contributed by atoms with Gasteiger partial charge in [-0.2, -0.15) is 0 Å². The van der Waals surface area contributed by atoms with Crippen LogP contribution in [0.4, 0.5) is 0 Å². The molecule has 1 aromatic carbocycles. The van der Waals surface area contributed by atoms with Gasteiger partial charge in [0, 0.05) is 19.5 Å². The molecule has 1 aliphatic rings. The van der Waals surface area contributed by atoms with Gasteiger partial charge in [0.1, 0.15) is 6.04 Å². The van der Waals surface area contributed by atoms with Crippen LogP contribution >= 0.6 is 0 Å². The maximum Gasteiger partial charge on any atom is 0.326 e. The lowest BCUT2D eigenvalue weighted by Gasteiger charge is -2.29. The topological polar surface area (TPSA) is 77.9 Å². The average Bonchev–Trinajstić information content (AvgIpc) is 2.77. The van der Waals surface area contributed by atoms with Crippen molar-refractivity contribution in [2.45, 2.75) is 45.2 Å². The molecule has 1 heterocycles. The van der Waals surface area contributed by atoms with Crippen LogP contribution in [0, 0.1) is 0 Å². The first-order chi connectivity index (χ1) is 11.5. The van der Waals surface area contributed by atoms with E-state index in [1.165, 1.54) is 11.8 Å². The Bertz CT molecular complexity index is 588. The van der Waals surface area contributed by atoms with Crippen LogP contribution in [-0.4, -0.2) is 51.8 Å². The van der Waals surface area contributed by atoms with E-state index in [-0.39, 0.29) is 24.9 Å². The largest absolute Gasteiger partial charge is 0.480 e. The average molecular weight is 332 g/mol. The van der Waals surface area contributed by atoms with Crippen molar-refractivity contribution in [3.63, 3.8) is 0 Å². The number of likely N-dealkylation sites (tertiary alicyclic amines) is 1. The van der Waals surface area contributed by atoms with Crippen molar-refractivity contribution >= 4 is 17.8 Å². The Balaban J connectivity index is 2.11. The van der Waals surface area contributed by atoms with E-state index in [4.69, 9.17) is 0 Å². The molecule has 1 fully saturated rings. The number of carboxylic acids is 1. The summed E-state index contributed by atoms with van der Waals surface area (Å²) in [6.45, 7) is 2.22. The molecule has 0 spiro atoms. The normalized spacial score (nSPS) is 16.4. The van der Waals surface area contributed by atoms with E-state index >= 15 is 0 Å². The molecule has 1 atom stereocenters. The SMILES string of the molecule is CC(C(=O)O)N(Cc1ccccc1)C(=O)CN1CCCCCC1=O. The Hall–Kier alpha value is -2.37. The van der Waals surface area contributed by atoms with Crippen molar-refractivity contribution in [2.75, 3.05) is 13.1 Å². The molecule has 1 N–H and O–H groups in total. The Morgan fingerprint density at radius 2 is 1.92 bits per heavy atom. The third-order valence-electron chi connectivity index (χ3n) is 4.34. The smallest absolute Gasteiger partial charge is 0.326 e. The molecule has 0 saturated carbocycles. The lowest BCUT2D eigenvalue weighted by molar-refractivity contribution is -0.151. The molecule has 24 heavy (non-hydrogen) atoms. The number of benzene rings is 1. The summed E-state index contributed by atoms with van der Waals surface area (Å²) >= 11 is 0. The fraction of sp³-hybridized carbons (Fsp3) is 0.500. The van der Waals surface area contributed by atoms with Gasteiger partial charge < -0.3 is 14.9 Å². The van der Waals surface area contributed by atoms with Crippen LogP contribution in [0.15, 0.2) is 30.3 Å². The quantitative estimate of drug-likeness (QED) is 0.863.